The molecule has 1 aromatic heterocycles. The van der Waals surface area contributed by atoms with E-state index in [2.05, 4.69) is 34.8 Å². The van der Waals surface area contributed by atoms with Gasteiger partial charge < -0.3 is 4.74 Å². The van der Waals surface area contributed by atoms with Gasteiger partial charge >= 0.3 is 0 Å². The molecule has 0 aliphatic heterocycles. The Bertz CT molecular complexity index is 290. The highest BCUT2D eigenvalue weighted by Gasteiger charge is 2.14. The largest absolute Gasteiger partial charge is 0.338 e. The van der Waals surface area contributed by atoms with Gasteiger partial charge in [0.25, 0.3) is 0 Å². The van der Waals surface area contributed by atoms with E-state index >= 15 is 0 Å². The normalized spacial score (nSPS) is 18.2. The maximum atomic E-state index is 5.88. The zero-order valence-corrected chi connectivity index (χ0v) is 9.56. The number of hydrogen-bond acceptors (Lipinski definition) is 1. The van der Waals surface area contributed by atoms with Crippen LogP contribution in [0.1, 0.15) is 39.0 Å². The minimum atomic E-state index is 0.497. The molecule has 15 heavy (non-hydrogen) atoms. The first-order valence-electron chi connectivity index (χ1n) is 6.05. The van der Waals surface area contributed by atoms with Crippen molar-refractivity contribution in [3.63, 3.8) is 0 Å². The summed E-state index contributed by atoms with van der Waals surface area (Å²) in [6, 6.07) is 0. The lowest BCUT2D eigenvalue weighted by Crippen LogP contribution is -2.35. The summed E-state index contributed by atoms with van der Waals surface area (Å²) in [6.45, 7) is 3.88. The fraction of sp³-hybridized carbons (Fsp3) is 0.750. The molecule has 1 aliphatic carbocycles. The third-order valence-corrected chi connectivity index (χ3v) is 3.12. The van der Waals surface area contributed by atoms with E-state index < -0.39 is 0 Å². The Hall–Kier alpha value is -0.830. The van der Waals surface area contributed by atoms with Crippen LogP contribution in [0.15, 0.2) is 18.7 Å². The summed E-state index contributed by atoms with van der Waals surface area (Å²) in [5.41, 5.74) is 0. The number of ether oxygens (including phenoxy) is 1. The third kappa shape index (κ3) is 3.06. The van der Waals surface area contributed by atoms with E-state index in [9.17, 15) is 0 Å². The molecule has 0 amide bonds. The first-order valence-corrected chi connectivity index (χ1v) is 6.05. The molecular formula is C12H21N2O+. The molecule has 0 unspecified atom stereocenters. The van der Waals surface area contributed by atoms with Crippen LogP contribution in [0.4, 0.5) is 0 Å². The molecule has 1 heterocycles. The molecule has 1 fully saturated rings. The van der Waals surface area contributed by atoms with Crippen molar-refractivity contribution in [2.24, 2.45) is 0 Å². The number of rotatable bonds is 4. The number of aromatic nitrogens is 2. The highest BCUT2D eigenvalue weighted by Crippen LogP contribution is 2.19. The van der Waals surface area contributed by atoms with E-state index in [0.29, 0.717) is 12.8 Å². The molecule has 0 N–H and O–H groups in total. The van der Waals surface area contributed by atoms with E-state index in [1.165, 1.54) is 32.1 Å². The van der Waals surface area contributed by atoms with Crippen molar-refractivity contribution in [2.45, 2.75) is 58.4 Å². The lowest BCUT2D eigenvalue weighted by atomic mass is 9.98. The first kappa shape index (κ1) is 10.7. The van der Waals surface area contributed by atoms with Crippen molar-refractivity contribution < 1.29 is 9.30 Å². The van der Waals surface area contributed by atoms with Crippen LogP contribution < -0.4 is 4.57 Å². The molecule has 84 valence electrons. The molecule has 0 saturated heterocycles. The highest BCUT2D eigenvalue weighted by molar-refractivity contribution is 4.65. The quantitative estimate of drug-likeness (QED) is 0.694. The van der Waals surface area contributed by atoms with E-state index in [1.54, 1.807) is 0 Å². The Labute approximate surface area is 91.7 Å². The minimum absolute atomic E-state index is 0.497. The molecule has 1 saturated carbocycles. The first-order chi connectivity index (χ1) is 7.38. The topological polar surface area (TPSA) is 18.0 Å². The minimum Gasteiger partial charge on any atom is -0.338 e. The van der Waals surface area contributed by atoms with Gasteiger partial charge in [0, 0.05) is 0 Å². The lowest BCUT2D eigenvalue weighted by molar-refractivity contribution is -0.734. The summed E-state index contributed by atoms with van der Waals surface area (Å²) < 4.78 is 10.1. The molecule has 1 aromatic rings. The third-order valence-electron chi connectivity index (χ3n) is 3.12. The van der Waals surface area contributed by atoms with Gasteiger partial charge in [-0.05, 0) is 19.8 Å². The fourth-order valence-corrected chi connectivity index (χ4v) is 2.13. The molecular weight excluding hydrogens is 188 g/mol. The molecule has 3 nitrogen and oxygen atoms in total. The number of hydrogen-bond donors (Lipinski definition) is 0. The second kappa shape index (κ2) is 5.31. The van der Waals surface area contributed by atoms with E-state index in [0.717, 1.165) is 6.54 Å². The van der Waals surface area contributed by atoms with Gasteiger partial charge in [0.2, 0.25) is 6.33 Å². The molecule has 0 spiro atoms. The van der Waals surface area contributed by atoms with Crippen LogP contribution in [-0.4, -0.2) is 10.7 Å². The Morgan fingerprint density at radius 3 is 2.80 bits per heavy atom. The standard InChI is InChI=1S/C12H21N2O/c1-2-13-8-9-14(10-13)11-15-12-6-4-3-5-7-12/h8-10,12H,2-7,11H2,1H3/q+1. The fourth-order valence-electron chi connectivity index (χ4n) is 2.13. The van der Waals surface area contributed by atoms with Crippen LogP contribution in [-0.2, 0) is 18.0 Å². The molecule has 0 radical (unpaired) electrons. The molecule has 0 aromatic carbocycles. The molecule has 1 aliphatic rings. The van der Waals surface area contributed by atoms with Gasteiger partial charge in [0.1, 0.15) is 12.4 Å². The monoisotopic (exact) mass is 209 g/mol. The van der Waals surface area contributed by atoms with Gasteiger partial charge in [-0.2, -0.15) is 0 Å². The summed E-state index contributed by atoms with van der Waals surface area (Å²) in [7, 11) is 0. The number of imidazole rings is 1. The number of nitrogens with zero attached hydrogens (tertiary/aromatic N) is 2. The molecule has 0 bridgehead atoms. The van der Waals surface area contributed by atoms with Crippen molar-refractivity contribution >= 4 is 0 Å². The average molecular weight is 209 g/mol. The predicted molar refractivity (Wildman–Crippen MR) is 58.3 cm³/mol. The van der Waals surface area contributed by atoms with Crippen molar-refractivity contribution in [3.8, 4) is 0 Å². The summed E-state index contributed by atoms with van der Waals surface area (Å²) in [5.74, 6) is 0. The smallest absolute Gasteiger partial charge is 0.245 e. The second-order valence-electron chi connectivity index (χ2n) is 4.31. The van der Waals surface area contributed by atoms with E-state index in [-0.39, 0.29) is 0 Å². The Morgan fingerprint density at radius 2 is 2.13 bits per heavy atom. The van der Waals surface area contributed by atoms with Gasteiger partial charge in [0.15, 0.2) is 6.73 Å². The Kier molecular flexibility index (Phi) is 3.78. The van der Waals surface area contributed by atoms with E-state index in [4.69, 9.17) is 4.74 Å². The summed E-state index contributed by atoms with van der Waals surface area (Å²) in [5, 5.41) is 0. The van der Waals surface area contributed by atoms with Gasteiger partial charge in [-0.1, -0.05) is 19.3 Å². The summed E-state index contributed by atoms with van der Waals surface area (Å²) in [4.78, 5) is 0. The van der Waals surface area contributed by atoms with Crippen molar-refractivity contribution in [1.29, 1.82) is 0 Å². The zero-order chi connectivity index (χ0) is 10.5. The van der Waals surface area contributed by atoms with Crippen LogP contribution in [0.2, 0.25) is 0 Å². The van der Waals surface area contributed by atoms with Gasteiger partial charge in [-0.25, -0.2) is 9.13 Å². The van der Waals surface area contributed by atoms with Crippen LogP contribution >= 0.6 is 0 Å². The van der Waals surface area contributed by atoms with Crippen LogP contribution in [0, 0.1) is 0 Å². The van der Waals surface area contributed by atoms with Crippen LogP contribution in [0.25, 0.3) is 0 Å². The zero-order valence-electron chi connectivity index (χ0n) is 9.56. The summed E-state index contributed by atoms with van der Waals surface area (Å²) in [6.07, 6.45) is 13.3. The Morgan fingerprint density at radius 1 is 1.33 bits per heavy atom. The second-order valence-corrected chi connectivity index (χ2v) is 4.31. The van der Waals surface area contributed by atoms with Crippen molar-refractivity contribution in [3.05, 3.63) is 18.7 Å². The van der Waals surface area contributed by atoms with E-state index in [1.807, 2.05) is 0 Å². The molecule has 3 heteroatoms. The SMILES string of the molecule is CCn1cc[n+](COC2CCCCC2)c1. The van der Waals surface area contributed by atoms with Crippen LogP contribution in [0.5, 0.6) is 0 Å². The maximum absolute atomic E-state index is 5.88. The maximum Gasteiger partial charge on any atom is 0.245 e. The highest BCUT2D eigenvalue weighted by atomic mass is 16.5. The number of aryl methyl sites for hydroxylation is 1. The average Bonchev–Trinajstić information content (AvgIpc) is 2.76. The lowest BCUT2D eigenvalue weighted by Gasteiger charge is -2.20. The van der Waals surface area contributed by atoms with Gasteiger partial charge in [-0.3, -0.25) is 0 Å². The van der Waals surface area contributed by atoms with Gasteiger partial charge in [-0.15, -0.1) is 0 Å². The van der Waals surface area contributed by atoms with Crippen molar-refractivity contribution in [2.75, 3.05) is 0 Å². The molecule has 2 rings (SSSR count). The Balaban J connectivity index is 1.76. The summed E-state index contributed by atoms with van der Waals surface area (Å²) >= 11 is 0. The molecule has 0 atom stereocenters. The van der Waals surface area contributed by atoms with Crippen LogP contribution in [0.3, 0.4) is 0 Å². The van der Waals surface area contributed by atoms with Crippen molar-refractivity contribution in [1.82, 2.24) is 4.57 Å². The van der Waals surface area contributed by atoms with Gasteiger partial charge in [0.05, 0.1) is 12.6 Å². The predicted octanol–water partition coefficient (Wildman–Crippen LogP) is 2.10.